The van der Waals surface area contributed by atoms with Crippen molar-refractivity contribution in [2.45, 2.75) is 58.2 Å². The molecule has 3 heterocycles. The minimum absolute atomic E-state index is 0.0662. The molecule has 2 aromatic heterocycles. The van der Waals surface area contributed by atoms with Gasteiger partial charge in [0.25, 0.3) is 0 Å². The molecule has 2 aromatic rings. The van der Waals surface area contributed by atoms with Gasteiger partial charge in [-0.3, -0.25) is 4.79 Å². The predicted molar refractivity (Wildman–Crippen MR) is 106 cm³/mol. The second-order valence-corrected chi connectivity index (χ2v) is 8.08. The molecule has 0 bridgehead atoms. The second-order valence-electron chi connectivity index (χ2n) is 7.11. The number of aryl methyl sites for hydroxylation is 3. The molecule has 142 valence electrons. The molecule has 3 rings (SSSR count). The Bertz CT molecular complexity index is 905. The van der Waals surface area contributed by atoms with Gasteiger partial charge in [0.2, 0.25) is 0 Å². The van der Waals surface area contributed by atoms with Crippen LogP contribution in [0.15, 0.2) is 17.2 Å². The van der Waals surface area contributed by atoms with E-state index in [2.05, 4.69) is 15.6 Å². The van der Waals surface area contributed by atoms with Gasteiger partial charge in [-0.1, -0.05) is 11.8 Å². The van der Waals surface area contributed by atoms with Crippen LogP contribution in [0.1, 0.15) is 51.4 Å². The molecule has 1 aliphatic heterocycles. The summed E-state index contributed by atoms with van der Waals surface area (Å²) in [5.74, 6) is 0.339. The molecule has 1 atom stereocenters. The van der Waals surface area contributed by atoms with Gasteiger partial charge >= 0.3 is 0 Å². The molecular formula is C21H25N3O2S. The van der Waals surface area contributed by atoms with Crippen molar-refractivity contribution in [3.05, 3.63) is 45.9 Å². The highest BCUT2D eigenvalue weighted by Gasteiger charge is 2.21. The summed E-state index contributed by atoms with van der Waals surface area (Å²) in [5, 5.41) is 10.0. The van der Waals surface area contributed by atoms with Gasteiger partial charge in [0, 0.05) is 35.8 Å². The average molecular weight is 384 g/mol. The molecule has 0 amide bonds. The Balaban J connectivity index is 1.75. The van der Waals surface area contributed by atoms with Gasteiger partial charge in [0.1, 0.15) is 11.1 Å². The van der Waals surface area contributed by atoms with Crippen molar-refractivity contribution < 1.29 is 9.53 Å². The van der Waals surface area contributed by atoms with Gasteiger partial charge in [-0.25, -0.2) is 4.98 Å². The molecule has 1 saturated heterocycles. The van der Waals surface area contributed by atoms with Crippen molar-refractivity contribution in [3.8, 4) is 6.07 Å². The summed E-state index contributed by atoms with van der Waals surface area (Å²) >= 11 is 1.34. The van der Waals surface area contributed by atoms with E-state index in [1.807, 2.05) is 39.8 Å². The first-order chi connectivity index (χ1) is 12.9. The van der Waals surface area contributed by atoms with Crippen LogP contribution in [-0.4, -0.2) is 33.8 Å². The van der Waals surface area contributed by atoms with Crippen LogP contribution in [-0.2, 0) is 11.3 Å². The molecular weight excluding hydrogens is 358 g/mol. The van der Waals surface area contributed by atoms with E-state index in [1.54, 1.807) is 0 Å². The molecule has 27 heavy (non-hydrogen) atoms. The SMILES string of the molecule is Cc1cc(C)c(C#N)c(SCC(=O)c2cc(C)n(C[C@H]3CCCO3)c2C)n1. The normalized spacial score (nSPS) is 16.5. The fraction of sp³-hybridized carbons (Fsp3) is 0.476. The standard InChI is InChI=1S/C21H25N3O2S/c1-13-8-14(2)23-21(19(13)10-22)27-12-20(25)18-9-15(3)24(16(18)4)11-17-6-5-7-26-17/h8-9,17H,5-7,11-12H2,1-4H3/t17-/m1/s1. The topological polar surface area (TPSA) is 67.9 Å². The molecule has 0 aromatic carbocycles. The number of aromatic nitrogens is 2. The lowest BCUT2D eigenvalue weighted by Gasteiger charge is -2.14. The lowest BCUT2D eigenvalue weighted by Crippen LogP contribution is -2.17. The van der Waals surface area contributed by atoms with E-state index in [1.165, 1.54) is 11.8 Å². The van der Waals surface area contributed by atoms with Crippen molar-refractivity contribution in [3.63, 3.8) is 0 Å². The van der Waals surface area contributed by atoms with Crippen molar-refractivity contribution in [1.29, 1.82) is 5.26 Å². The van der Waals surface area contributed by atoms with Crippen molar-refractivity contribution in [1.82, 2.24) is 9.55 Å². The van der Waals surface area contributed by atoms with Crippen molar-refractivity contribution in [2.24, 2.45) is 0 Å². The Morgan fingerprint density at radius 1 is 1.37 bits per heavy atom. The molecule has 0 unspecified atom stereocenters. The zero-order chi connectivity index (χ0) is 19.6. The molecule has 0 spiro atoms. The number of Topliss-reactive ketones (excluding diaryl/α,β-unsaturated/α-hetero) is 1. The Morgan fingerprint density at radius 3 is 2.81 bits per heavy atom. The summed E-state index contributed by atoms with van der Waals surface area (Å²) in [6, 6.07) is 6.06. The zero-order valence-electron chi connectivity index (χ0n) is 16.3. The van der Waals surface area contributed by atoms with Gasteiger partial charge in [0.05, 0.1) is 17.4 Å². The number of carbonyl (C=O) groups excluding carboxylic acids is 1. The molecule has 6 heteroatoms. The summed E-state index contributed by atoms with van der Waals surface area (Å²) in [6.45, 7) is 9.46. The number of nitrogens with zero attached hydrogens (tertiary/aromatic N) is 3. The van der Waals surface area contributed by atoms with E-state index in [4.69, 9.17) is 4.74 Å². The summed E-state index contributed by atoms with van der Waals surface area (Å²) < 4.78 is 7.93. The Morgan fingerprint density at radius 2 is 2.15 bits per heavy atom. The van der Waals surface area contributed by atoms with Crippen LogP contribution < -0.4 is 0 Å². The van der Waals surface area contributed by atoms with Gasteiger partial charge in [0.15, 0.2) is 5.78 Å². The first-order valence-corrected chi connectivity index (χ1v) is 10.2. The van der Waals surface area contributed by atoms with E-state index in [-0.39, 0.29) is 17.6 Å². The molecule has 5 nitrogen and oxygen atoms in total. The fourth-order valence-electron chi connectivity index (χ4n) is 3.61. The van der Waals surface area contributed by atoms with E-state index in [0.29, 0.717) is 10.6 Å². The summed E-state index contributed by atoms with van der Waals surface area (Å²) in [5.41, 5.74) is 5.13. The maximum absolute atomic E-state index is 12.8. The average Bonchev–Trinajstić information content (AvgIpc) is 3.23. The predicted octanol–water partition coefficient (Wildman–Crippen LogP) is 4.14. The number of rotatable bonds is 6. The lowest BCUT2D eigenvalue weighted by molar-refractivity contribution is 0.0957. The highest BCUT2D eigenvalue weighted by molar-refractivity contribution is 8.00. The highest BCUT2D eigenvalue weighted by atomic mass is 32.2. The van der Waals surface area contributed by atoms with E-state index in [0.717, 1.165) is 54.2 Å². The third kappa shape index (κ3) is 4.26. The Hall–Kier alpha value is -2.10. The third-order valence-electron chi connectivity index (χ3n) is 5.05. The quantitative estimate of drug-likeness (QED) is 0.554. The van der Waals surface area contributed by atoms with Crippen LogP contribution in [0.25, 0.3) is 0 Å². The first kappa shape index (κ1) is 19.7. The minimum Gasteiger partial charge on any atom is -0.376 e. The molecule has 0 N–H and O–H groups in total. The molecule has 0 radical (unpaired) electrons. The second kappa shape index (κ2) is 8.28. The van der Waals surface area contributed by atoms with Crippen LogP contribution in [0.5, 0.6) is 0 Å². The zero-order valence-corrected chi connectivity index (χ0v) is 17.2. The summed E-state index contributed by atoms with van der Waals surface area (Å²) in [4.78, 5) is 17.3. The van der Waals surface area contributed by atoms with Crippen LogP contribution in [0.3, 0.4) is 0 Å². The largest absolute Gasteiger partial charge is 0.376 e. The van der Waals surface area contributed by atoms with Gasteiger partial charge in [-0.15, -0.1) is 0 Å². The maximum Gasteiger partial charge on any atom is 0.174 e. The number of ketones is 1. The van der Waals surface area contributed by atoms with Crippen LogP contribution in [0, 0.1) is 39.0 Å². The van der Waals surface area contributed by atoms with Crippen LogP contribution in [0.2, 0.25) is 0 Å². The van der Waals surface area contributed by atoms with Gasteiger partial charge < -0.3 is 9.30 Å². The van der Waals surface area contributed by atoms with Crippen LogP contribution in [0.4, 0.5) is 0 Å². The molecule has 1 fully saturated rings. The number of nitriles is 1. The van der Waals surface area contributed by atoms with Crippen molar-refractivity contribution >= 4 is 17.5 Å². The fourth-order valence-corrected chi connectivity index (χ4v) is 4.59. The lowest BCUT2D eigenvalue weighted by atomic mass is 10.1. The molecule has 0 saturated carbocycles. The number of ether oxygens (including phenoxy) is 1. The third-order valence-corrected chi connectivity index (χ3v) is 6.02. The Kier molecular flexibility index (Phi) is 6.03. The smallest absolute Gasteiger partial charge is 0.174 e. The first-order valence-electron chi connectivity index (χ1n) is 9.23. The van der Waals surface area contributed by atoms with Gasteiger partial charge in [-0.2, -0.15) is 5.26 Å². The van der Waals surface area contributed by atoms with Crippen LogP contribution >= 0.6 is 11.8 Å². The maximum atomic E-state index is 12.8. The molecule has 1 aliphatic rings. The minimum atomic E-state index is 0.0662. The number of pyridine rings is 1. The van der Waals surface area contributed by atoms with E-state index >= 15 is 0 Å². The highest BCUT2D eigenvalue weighted by Crippen LogP contribution is 2.26. The van der Waals surface area contributed by atoms with E-state index in [9.17, 15) is 10.1 Å². The number of carbonyl (C=O) groups is 1. The van der Waals surface area contributed by atoms with E-state index < -0.39 is 0 Å². The Labute approximate surface area is 164 Å². The number of hydrogen-bond donors (Lipinski definition) is 0. The number of hydrogen-bond acceptors (Lipinski definition) is 5. The molecule has 0 aliphatic carbocycles. The number of thioether (sulfide) groups is 1. The monoisotopic (exact) mass is 383 g/mol. The van der Waals surface area contributed by atoms with Crippen molar-refractivity contribution in [2.75, 3.05) is 12.4 Å². The summed E-state index contributed by atoms with van der Waals surface area (Å²) in [6.07, 6.45) is 2.42. The van der Waals surface area contributed by atoms with Gasteiger partial charge in [-0.05, 0) is 58.2 Å². The summed E-state index contributed by atoms with van der Waals surface area (Å²) in [7, 11) is 0.